The summed E-state index contributed by atoms with van der Waals surface area (Å²) in [6.45, 7) is 13.4. The minimum Gasteiger partial charge on any atom is -0.370 e. The van der Waals surface area contributed by atoms with E-state index < -0.39 is 0 Å². The second kappa shape index (κ2) is 9.71. The molecule has 2 aromatic heterocycles. The molecule has 0 saturated carbocycles. The predicted octanol–water partition coefficient (Wildman–Crippen LogP) is 6.95. The summed E-state index contributed by atoms with van der Waals surface area (Å²) in [6, 6.07) is 14.5. The van der Waals surface area contributed by atoms with Gasteiger partial charge in [-0.2, -0.15) is 0 Å². The Morgan fingerprint density at radius 1 is 1.06 bits per heavy atom. The van der Waals surface area contributed by atoms with Crippen molar-refractivity contribution in [1.29, 1.82) is 0 Å². The zero-order valence-corrected chi connectivity index (χ0v) is 23.4. The van der Waals surface area contributed by atoms with E-state index in [9.17, 15) is 0 Å². The van der Waals surface area contributed by atoms with Gasteiger partial charge in [0.1, 0.15) is 0 Å². The van der Waals surface area contributed by atoms with Crippen LogP contribution in [0.25, 0.3) is 0 Å². The van der Waals surface area contributed by atoms with Crippen LogP contribution in [0.15, 0.2) is 61.1 Å². The SMILES string of the molecule is C[C@@H]1C[C@H](C)CN(c2ccc(N3C(=S)N[C@@H](c4ccccn4)[C@H]3c3ccn(C(C)(C)C)c3)cc2Cl)C1. The maximum absolute atomic E-state index is 6.95. The summed E-state index contributed by atoms with van der Waals surface area (Å²) < 4.78 is 2.26. The highest BCUT2D eigenvalue weighted by atomic mass is 35.5. The highest BCUT2D eigenvalue weighted by Gasteiger charge is 2.41. The molecule has 0 bridgehead atoms. The van der Waals surface area contributed by atoms with E-state index in [1.807, 2.05) is 18.3 Å². The van der Waals surface area contributed by atoms with Crippen LogP contribution in [-0.2, 0) is 5.54 Å². The molecule has 190 valence electrons. The van der Waals surface area contributed by atoms with Gasteiger partial charge in [0, 0.05) is 42.9 Å². The molecule has 2 fully saturated rings. The minimum atomic E-state index is -0.0724. The predicted molar refractivity (Wildman–Crippen MR) is 154 cm³/mol. The summed E-state index contributed by atoms with van der Waals surface area (Å²) in [5.74, 6) is 1.32. The Balaban J connectivity index is 1.53. The lowest BCUT2D eigenvalue weighted by Gasteiger charge is -2.37. The van der Waals surface area contributed by atoms with Crippen molar-refractivity contribution < 1.29 is 0 Å². The number of nitrogens with one attached hydrogen (secondary N) is 1. The fourth-order valence-corrected chi connectivity index (χ4v) is 6.38. The number of pyridine rings is 1. The van der Waals surface area contributed by atoms with Crippen LogP contribution in [0.5, 0.6) is 0 Å². The van der Waals surface area contributed by atoms with E-state index in [1.54, 1.807) is 0 Å². The molecule has 1 aromatic carbocycles. The van der Waals surface area contributed by atoms with Gasteiger partial charge in [0.05, 0.1) is 28.5 Å². The summed E-state index contributed by atoms with van der Waals surface area (Å²) in [5.41, 5.74) is 4.24. The van der Waals surface area contributed by atoms with Crippen molar-refractivity contribution in [2.75, 3.05) is 22.9 Å². The maximum atomic E-state index is 6.95. The van der Waals surface area contributed by atoms with Gasteiger partial charge in [-0.1, -0.05) is 31.5 Å². The van der Waals surface area contributed by atoms with Gasteiger partial charge in [-0.15, -0.1) is 0 Å². The molecule has 7 heteroatoms. The normalized spacial score (nSPS) is 24.8. The van der Waals surface area contributed by atoms with Crippen molar-refractivity contribution in [1.82, 2.24) is 14.9 Å². The lowest BCUT2D eigenvalue weighted by Crippen LogP contribution is -2.38. The lowest BCUT2D eigenvalue weighted by molar-refractivity contribution is 0.357. The van der Waals surface area contributed by atoms with Gasteiger partial charge in [0.15, 0.2) is 5.11 Å². The number of nitrogens with zero attached hydrogens (tertiary/aromatic N) is 4. The van der Waals surface area contributed by atoms with Crippen LogP contribution in [0.4, 0.5) is 11.4 Å². The van der Waals surface area contributed by atoms with E-state index in [0.717, 1.165) is 35.2 Å². The first-order chi connectivity index (χ1) is 17.1. The Kier molecular flexibility index (Phi) is 6.77. The quantitative estimate of drug-likeness (QED) is 0.376. The van der Waals surface area contributed by atoms with Gasteiger partial charge < -0.3 is 19.7 Å². The van der Waals surface area contributed by atoms with E-state index in [0.29, 0.717) is 16.9 Å². The molecule has 3 aromatic rings. The molecular weight excluding hydrogens is 486 g/mol. The lowest BCUT2D eigenvalue weighted by atomic mass is 9.91. The van der Waals surface area contributed by atoms with Crippen molar-refractivity contribution in [3.8, 4) is 0 Å². The van der Waals surface area contributed by atoms with Crippen LogP contribution < -0.4 is 15.1 Å². The Morgan fingerprint density at radius 3 is 2.42 bits per heavy atom. The highest BCUT2D eigenvalue weighted by Crippen LogP contribution is 2.44. The summed E-state index contributed by atoms with van der Waals surface area (Å²) >= 11 is 12.9. The van der Waals surface area contributed by atoms with Crippen LogP contribution in [-0.4, -0.2) is 27.8 Å². The molecular formula is C29H36ClN5S. The summed E-state index contributed by atoms with van der Waals surface area (Å²) in [5, 5.41) is 5.01. The Hall–Kier alpha value is -2.57. The van der Waals surface area contributed by atoms with Gasteiger partial charge >= 0.3 is 0 Å². The maximum Gasteiger partial charge on any atom is 0.174 e. The molecule has 0 spiro atoms. The van der Waals surface area contributed by atoms with Crippen LogP contribution in [0.1, 0.15) is 64.4 Å². The number of halogens is 1. The summed E-state index contributed by atoms with van der Waals surface area (Å²) in [6.07, 6.45) is 7.49. The Morgan fingerprint density at radius 2 is 1.81 bits per heavy atom. The van der Waals surface area contributed by atoms with Crippen molar-refractivity contribution in [3.63, 3.8) is 0 Å². The number of hydrogen-bond donors (Lipinski definition) is 1. The van der Waals surface area contributed by atoms with E-state index in [1.165, 1.54) is 12.0 Å². The average molecular weight is 522 g/mol. The highest BCUT2D eigenvalue weighted by molar-refractivity contribution is 7.80. The monoisotopic (exact) mass is 521 g/mol. The van der Waals surface area contributed by atoms with E-state index in [4.69, 9.17) is 23.8 Å². The topological polar surface area (TPSA) is 36.3 Å². The van der Waals surface area contributed by atoms with Crippen LogP contribution >= 0.6 is 23.8 Å². The number of hydrogen-bond acceptors (Lipinski definition) is 3. The first kappa shape index (κ1) is 25.1. The third kappa shape index (κ3) is 4.85. The molecule has 4 heterocycles. The van der Waals surface area contributed by atoms with Crippen LogP contribution in [0, 0.1) is 11.8 Å². The summed E-state index contributed by atoms with van der Waals surface area (Å²) in [4.78, 5) is 9.31. The van der Waals surface area contributed by atoms with Gasteiger partial charge in [-0.3, -0.25) is 4.98 Å². The standard InChI is InChI=1S/C29H36ClN5S/c1-19-14-20(2)17-33(16-19)25-10-9-22(15-23(25)30)35-27(21-11-13-34(18-21)29(3,4)5)26(32-28(35)36)24-8-6-7-12-31-24/h6-13,15,18-20,26-27H,14,16-17H2,1-5H3,(H,32,36)/t19-,20+,26-,27+/m0/s1. The molecule has 5 rings (SSSR count). The molecule has 0 amide bonds. The molecule has 2 aliphatic rings. The Labute approximate surface area is 225 Å². The van der Waals surface area contributed by atoms with Crippen LogP contribution in [0.2, 0.25) is 5.02 Å². The molecule has 4 atom stereocenters. The van der Waals surface area contributed by atoms with Gasteiger partial charge in [-0.05, 0) is 93.2 Å². The number of rotatable bonds is 4. The molecule has 5 nitrogen and oxygen atoms in total. The van der Waals surface area contributed by atoms with Crippen molar-refractivity contribution >= 4 is 40.3 Å². The second-order valence-electron chi connectivity index (χ2n) is 11.5. The minimum absolute atomic E-state index is 0.0101. The summed E-state index contributed by atoms with van der Waals surface area (Å²) in [7, 11) is 0. The molecule has 2 saturated heterocycles. The molecule has 2 aliphatic heterocycles. The number of piperidine rings is 1. The van der Waals surface area contributed by atoms with Crippen LogP contribution in [0.3, 0.4) is 0 Å². The molecule has 0 unspecified atom stereocenters. The molecule has 1 N–H and O–H groups in total. The Bertz CT molecular complexity index is 1220. The van der Waals surface area contributed by atoms with Crippen molar-refractivity contribution in [2.24, 2.45) is 11.8 Å². The first-order valence-corrected chi connectivity index (χ1v) is 13.6. The van der Waals surface area contributed by atoms with Gasteiger partial charge in [0.2, 0.25) is 0 Å². The van der Waals surface area contributed by atoms with E-state index in [-0.39, 0.29) is 17.6 Å². The van der Waals surface area contributed by atoms with Crippen molar-refractivity contribution in [2.45, 2.75) is 58.7 Å². The molecule has 0 aliphatic carbocycles. The van der Waals surface area contributed by atoms with E-state index >= 15 is 0 Å². The fraction of sp³-hybridized carbons (Fsp3) is 0.448. The number of aromatic nitrogens is 2. The average Bonchev–Trinajstić information content (AvgIpc) is 3.43. The van der Waals surface area contributed by atoms with Crippen molar-refractivity contribution in [3.05, 3.63) is 77.3 Å². The third-order valence-corrected chi connectivity index (χ3v) is 7.97. The smallest absolute Gasteiger partial charge is 0.174 e. The number of benzene rings is 1. The molecule has 36 heavy (non-hydrogen) atoms. The third-order valence-electron chi connectivity index (χ3n) is 7.35. The number of anilines is 2. The molecule has 0 radical (unpaired) electrons. The zero-order valence-electron chi connectivity index (χ0n) is 21.8. The van der Waals surface area contributed by atoms with Gasteiger partial charge in [0.25, 0.3) is 0 Å². The van der Waals surface area contributed by atoms with E-state index in [2.05, 4.69) is 102 Å². The first-order valence-electron chi connectivity index (χ1n) is 12.9. The van der Waals surface area contributed by atoms with Gasteiger partial charge in [-0.25, -0.2) is 0 Å². The fourth-order valence-electron chi connectivity index (χ4n) is 5.74. The zero-order chi connectivity index (χ0) is 25.6. The largest absolute Gasteiger partial charge is 0.370 e. The number of thiocarbonyl (C=S) groups is 1. The second-order valence-corrected chi connectivity index (χ2v) is 12.3.